The second-order valence-electron chi connectivity index (χ2n) is 4.90. The van der Waals surface area contributed by atoms with Gasteiger partial charge in [0, 0.05) is 23.5 Å². The molecule has 2 aromatic heterocycles. The summed E-state index contributed by atoms with van der Waals surface area (Å²) in [5.74, 6) is 0. The molecule has 3 aromatic rings. The zero-order chi connectivity index (χ0) is 15.5. The summed E-state index contributed by atoms with van der Waals surface area (Å²) in [5, 5.41) is 11.2. The number of hydrogen-bond acceptors (Lipinski definition) is 3. The Morgan fingerprint density at radius 2 is 1.95 bits per heavy atom. The van der Waals surface area contributed by atoms with Crippen LogP contribution in [-0.4, -0.2) is 9.78 Å². The Labute approximate surface area is 143 Å². The zero-order valence-corrected chi connectivity index (χ0v) is 14.3. The topological polar surface area (TPSA) is 29.9 Å². The monoisotopic (exact) mass is 351 g/mol. The summed E-state index contributed by atoms with van der Waals surface area (Å²) in [6, 6.07) is 11.7. The molecule has 3 rings (SSSR count). The highest BCUT2D eigenvalue weighted by Crippen LogP contribution is 2.27. The molecule has 0 amide bonds. The van der Waals surface area contributed by atoms with E-state index in [0.717, 1.165) is 23.5 Å². The Kier molecular flexibility index (Phi) is 4.84. The number of hydrogen-bond donors (Lipinski definition) is 1. The molecule has 0 fully saturated rings. The summed E-state index contributed by atoms with van der Waals surface area (Å²) in [5.41, 5.74) is 2.70. The Hall–Kier alpha value is -1.33. The summed E-state index contributed by atoms with van der Waals surface area (Å²) in [6.45, 7) is 3.46. The fraction of sp³-hybridized carbons (Fsp3) is 0.188. The van der Waals surface area contributed by atoms with Gasteiger partial charge in [0.1, 0.15) is 5.15 Å². The molecule has 0 radical (unpaired) electrons. The molecular formula is C16H15Cl2N3S. The average Bonchev–Trinajstić information content (AvgIpc) is 3.11. The Morgan fingerprint density at radius 3 is 2.68 bits per heavy atom. The lowest BCUT2D eigenvalue weighted by Gasteiger charge is -2.06. The predicted molar refractivity (Wildman–Crippen MR) is 93.2 cm³/mol. The van der Waals surface area contributed by atoms with Crippen LogP contribution in [-0.2, 0) is 13.1 Å². The Morgan fingerprint density at radius 1 is 1.14 bits per heavy atom. The van der Waals surface area contributed by atoms with Gasteiger partial charge in [-0.2, -0.15) is 5.10 Å². The van der Waals surface area contributed by atoms with Crippen molar-refractivity contribution >= 4 is 34.5 Å². The van der Waals surface area contributed by atoms with E-state index < -0.39 is 0 Å². The number of aromatic nitrogens is 2. The molecule has 6 heteroatoms. The molecule has 0 saturated heterocycles. The van der Waals surface area contributed by atoms with Crippen LogP contribution in [0.25, 0.3) is 5.69 Å². The summed E-state index contributed by atoms with van der Waals surface area (Å²) in [4.78, 5) is 1.30. The quantitative estimate of drug-likeness (QED) is 0.712. The van der Waals surface area contributed by atoms with Crippen molar-refractivity contribution in [2.24, 2.45) is 0 Å². The van der Waals surface area contributed by atoms with Gasteiger partial charge >= 0.3 is 0 Å². The molecule has 114 valence electrons. The third-order valence-electron chi connectivity index (χ3n) is 3.38. The molecule has 0 aliphatic carbocycles. The first kappa shape index (κ1) is 15.6. The number of aryl methyl sites for hydroxylation is 1. The van der Waals surface area contributed by atoms with Gasteiger partial charge in [0.25, 0.3) is 0 Å². The number of rotatable bonds is 5. The average molecular weight is 352 g/mol. The molecule has 0 atom stereocenters. The third-order valence-corrected chi connectivity index (χ3v) is 4.97. The van der Waals surface area contributed by atoms with Crippen LogP contribution in [0.1, 0.15) is 16.1 Å². The first-order valence-corrected chi connectivity index (χ1v) is 8.52. The Balaban J connectivity index is 1.80. The van der Waals surface area contributed by atoms with Gasteiger partial charge in [-0.3, -0.25) is 0 Å². The molecule has 0 saturated carbocycles. The van der Waals surface area contributed by atoms with Crippen LogP contribution < -0.4 is 5.32 Å². The van der Waals surface area contributed by atoms with E-state index in [9.17, 15) is 0 Å². The van der Waals surface area contributed by atoms with E-state index in [0.29, 0.717) is 16.7 Å². The van der Waals surface area contributed by atoms with Crippen LogP contribution in [0, 0.1) is 6.92 Å². The fourth-order valence-corrected chi connectivity index (χ4v) is 3.46. The highest BCUT2D eigenvalue weighted by atomic mass is 35.5. The SMILES string of the molecule is Cc1nn(-c2ccccc2Cl)c(Cl)c1CNCc1cccs1. The lowest BCUT2D eigenvalue weighted by molar-refractivity contribution is 0.698. The standard InChI is InChI=1S/C16H15Cl2N3S/c1-11-13(10-19-9-12-5-4-8-22-12)16(18)21(20-11)15-7-3-2-6-14(15)17/h2-8,19H,9-10H2,1H3. The molecule has 0 bridgehead atoms. The number of thiophene rings is 1. The number of benzene rings is 1. The number of nitrogens with one attached hydrogen (secondary N) is 1. The van der Waals surface area contributed by atoms with Gasteiger partial charge in [0.05, 0.1) is 16.4 Å². The molecule has 0 aliphatic rings. The highest BCUT2D eigenvalue weighted by Gasteiger charge is 2.15. The number of nitrogens with zero attached hydrogens (tertiary/aromatic N) is 2. The van der Waals surface area contributed by atoms with Crippen molar-refractivity contribution in [3.8, 4) is 5.69 Å². The number of para-hydroxylation sites is 1. The van der Waals surface area contributed by atoms with Crippen molar-refractivity contribution in [2.45, 2.75) is 20.0 Å². The maximum absolute atomic E-state index is 6.50. The lowest BCUT2D eigenvalue weighted by atomic mass is 10.2. The minimum atomic E-state index is 0.601. The fourth-order valence-electron chi connectivity index (χ4n) is 2.24. The van der Waals surface area contributed by atoms with Crippen LogP contribution in [0.15, 0.2) is 41.8 Å². The van der Waals surface area contributed by atoms with E-state index >= 15 is 0 Å². The molecule has 22 heavy (non-hydrogen) atoms. The summed E-state index contributed by atoms with van der Waals surface area (Å²) in [7, 11) is 0. The predicted octanol–water partition coefficient (Wildman–Crippen LogP) is 4.84. The summed E-state index contributed by atoms with van der Waals surface area (Å²) < 4.78 is 1.70. The molecule has 3 nitrogen and oxygen atoms in total. The second-order valence-corrected chi connectivity index (χ2v) is 6.70. The van der Waals surface area contributed by atoms with Gasteiger partial charge in [-0.15, -0.1) is 11.3 Å². The smallest absolute Gasteiger partial charge is 0.137 e. The maximum Gasteiger partial charge on any atom is 0.137 e. The van der Waals surface area contributed by atoms with Crippen LogP contribution >= 0.6 is 34.5 Å². The van der Waals surface area contributed by atoms with Gasteiger partial charge in [0.2, 0.25) is 0 Å². The van der Waals surface area contributed by atoms with Crippen LogP contribution in [0.4, 0.5) is 0 Å². The molecule has 0 unspecified atom stereocenters. The first-order chi connectivity index (χ1) is 10.7. The van der Waals surface area contributed by atoms with Gasteiger partial charge < -0.3 is 5.32 Å². The van der Waals surface area contributed by atoms with Crippen molar-refractivity contribution in [1.82, 2.24) is 15.1 Å². The highest BCUT2D eigenvalue weighted by molar-refractivity contribution is 7.09. The summed E-state index contributed by atoms with van der Waals surface area (Å²) >= 11 is 14.5. The maximum atomic E-state index is 6.50. The van der Waals surface area contributed by atoms with Gasteiger partial charge in [-0.05, 0) is 30.5 Å². The molecule has 2 heterocycles. The normalized spacial score (nSPS) is 11.0. The van der Waals surface area contributed by atoms with Gasteiger partial charge in [-0.25, -0.2) is 4.68 Å². The van der Waals surface area contributed by atoms with Gasteiger partial charge in [0.15, 0.2) is 0 Å². The van der Waals surface area contributed by atoms with Crippen LogP contribution in [0.3, 0.4) is 0 Å². The number of halogens is 2. The van der Waals surface area contributed by atoms with Crippen molar-refractivity contribution in [3.63, 3.8) is 0 Å². The van der Waals surface area contributed by atoms with Crippen LogP contribution in [0.2, 0.25) is 10.2 Å². The largest absolute Gasteiger partial charge is 0.308 e. The van der Waals surface area contributed by atoms with E-state index in [-0.39, 0.29) is 0 Å². The molecule has 0 aliphatic heterocycles. The van der Waals surface area contributed by atoms with E-state index in [1.807, 2.05) is 31.2 Å². The minimum Gasteiger partial charge on any atom is -0.308 e. The Bertz CT molecular complexity index is 766. The summed E-state index contributed by atoms with van der Waals surface area (Å²) in [6.07, 6.45) is 0. The molecule has 0 spiro atoms. The van der Waals surface area contributed by atoms with Crippen molar-refractivity contribution in [1.29, 1.82) is 0 Å². The lowest BCUT2D eigenvalue weighted by Crippen LogP contribution is -2.12. The zero-order valence-electron chi connectivity index (χ0n) is 12.0. The van der Waals surface area contributed by atoms with Crippen molar-refractivity contribution in [2.75, 3.05) is 0 Å². The molecule has 1 aromatic carbocycles. The van der Waals surface area contributed by atoms with E-state index in [4.69, 9.17) is 23.2 Å². The van der Waals surface area contributed by atoms with Crippen molar-refractivity contribution in [3.05, 3.63) is 68.1 Å². The molecular weight excluding hydrogens is 337 g/mol. The van der Waals surface area contributed by atoms with E-state index in [1.165, 1.54) is 4.88 Å². The van der Waals surface area contributed by atoms with E-state index in [2.05, 4.69) is 27.9 Å². The molecule has 1 N–H and O–H groups in total. The van der Waals surface area contributed by atoms with Crippen LogP contribution in [0.5, 0.6) is 0 Å². The van der Waals surface area contributed by atoms with Crippen molar-refractivity contribution < 1.29 is 0 Å². The second kappa shape index (κ2) is 6.84. The van der Waals surface area contributed by atoms with E-state index in [1.54, 1.807) is 16.0 Å². The van der Waals surface area contributed by atoms with Gasteiger partial charge in [-0.1, -0.05) is 41.4 Å². The third kappa shape index (κ3) is 3.20. The minimum absolute atomic E-state index is 0.601. The first-order valence-electron chi connectivity index (χ1n) is 6.89.